The summed E-state index contributed by atoms with van der Waals surface area (Å²) in [6, 6.07) is 3.59. The topological polar surface area (TPSA) is 65.8 Å². The predicted octanol–water partition coefficient (Wildman–Crippen LogP) is 1.74. The van der Waals surface area contributed by atoms with E-state index in [2.05, 4.69) is 10.3 Å². The van der Waals surface area contributed by atoms with Gasteiger partial charge in [-0.25, -0.2) is 0 Å². The minimum absolute atomic E-state index is 0.115. The lowest BCUT2D eigenvalue weighted by Crippen LogP contribution is -2.25. The molecule has 0 fully saturated rings. The maximum Gasteiger partial charge on any atom is 0.417 e. The zero-order valence-corrected chi connectivity index (χ0v) is 8.58. The molecular formula is C10H8F3N3O. The van der Waals surface area contributed by atoms with Crippen LogP contribution in [0.2, 0.25) is 0 Å². The van der Waals surface area contributed by atoms with E-state index in [1.165, 1.54) is 0 Å². The molecule has 0 aliphatic rings. The van der Waals surface area contributed by atoms with Gasteiger partial charge in [0.1, 0.15) is 5.69 Å². The van der Waals surface area contributed by atoms with Crippen LogP contribution in [0.25, 0.3) is 0 Å². The number of carbonyl (C=O) groups excluding carboxylic acids is 1. The van der Waals surface area contributed by atoms with Gasteiger partial charge in [0, 0.05) is 12.7 Å². The van der Waals surface area contributed by atoms with Crippen molar-refractivity contribution in [1.29, 1.82) is 5.26 Å². The third kappa shape index (κ3) is 3.75. The largest absolute Gasteiger partial charge is 0.417 e. The third-order valence-electron chi connectivity index (χ3n) is 1.85. The highest BCUT2D eigenvalue weighted by Gasteiger charge is 2.30. The quantitative estimate of drug-likeness (QED) is 0.822. The molecule has 0 unspecified atom stereocenters. The molecule has 0 saturated heterocycles. The number of amides is 1. The molecule has 1 heterocycles. The summed E-state index contributed by atoms with van der Waals surface area (Å²) in [7, 11) is 0. The number of alkyl halides is 3. The number of hydrogen-bond donors (Lipinski definition) is 1. The standard InChI is InChI=1S/C10H8F3N3O/c11-10(12,13)7-2-3-8(16-6-7)9(17)15-5-1-4-14/h2-3,6H,1,5H2,(H,15,17). The monoisotopic (exact) mass is 243 g/mol. The van der Waals surface area contributed by atoms with Crippen LogP contribution in [0, 0.1) is 11.3 Å². The van der Waals surface area contributed by atoms with E-state index in [1.807, 2.05) is 6.07 Å². The Labute approximate surface area is 95.1 Å². The average molecular weight is 243 g/mol. The molecule has 0 aliphatic carbocycles. The summed E-state index contributed by atoms with van der Waals surface area (Å²) < 4.78 is 36.6. The number of nitrogens with zero attached hydrogens (tertiary/aromatic N) is 2. The van der Waals surface area contributed by atoms with Crippen LogP contribution in [-0.4, -0.2) is 17.4 Å². The van der Waals surface area contributed by atoms with Gasteiger partial charge in [0.2, 0.25) is 0 Å². The molecule has 1 aromatic heterocycles. The maximum absolute atomic E-state index is 12.2. The van der Waals surface area contributed by atoms with E-state index in [0.29, 0.717) is 6.20 Å². The summed E-state index contributed by atoms with van der Waals surface area (Å²) in [4.78, 5) is 14.7. The van der Waals surface area contributed by atoms with E-state index in [9.17, 15) is 18.0 Å². The third-order valence-corrected chi connectivity index (χ3v) is 1.85. The van der Waals surface area contributed by atoms with Crippen LogP contribution in [0.4, 0.5) is 13.2 Å². The average Bonchev–Trinajstić information content (AvgIpc) is 2.28. The first-order valence-corrected chi connectivity index (χ1v) is 4.63. The summed E-state index contributed by atoms with van der Waals surface area (Å²) in [5.41, 5.74) is -1.03. The van der Waals surface area contributed by atoms with Crippen LogP contribution in [0.1, 0.15) is 22.5 Å². The first-order valence-electron chi connectivity index (χ1n) is 4.63. The van der Waals surface area contributed by atoms with Crippen molar-refractivity contribution in [2.45, 2.75) is 12.6 Å². The Hall–Kier alpha value is -2.10. The Bertz CT molecular complexity index is 434. The molecule has 0 bridgehead atoms. The minimum Gasteiger partial charge on any atom is -0.350 e. The first-order chi connectivity index (χ1) is 7.95. The van der Waals surface area contributed by atoms with Crippen molar-refractivity contribution < 1.29 is 18.0 Å². The van der Waals surface area contributed by atoms with E-state index in [-0.39, 0.29) is 18.7 Å². The van der Waals surface area contributed by atoms with Gasteiger partial charge in [0.25, 0.3) is 5.91 Å². The molecule has 1 N–H and O–H groups in total. The molecule has 0 atom stereocenters. The highest BCUT2D eigenvalue weighted by atomic mass is 19.4. The van der Waals surface area contributed by atoms with E-state index in [4.69, 9.17) is 5.26 Å². The van der Waals surface area contributed by atoms with Gasteiger partial charge in [0.05, 0.1) is 18.1 Å². The highest BCUT2D eigenvalue weighted by molar-refractivity contribution is 5.92. The number of halogens is 3. The normalized spacial score (nSPS) is 10.7. The van der Waals surface area contributed by atoms with Crippen LogP contribution in [0.15, 0.2) is 18.3 Å². The van der Waals surface area contributed by atoms with Gasteiger partial charge in [0.15, 0.2) is 0 Å². The van der Waals surface area contributed by atoms with Gasteiger partial charge >= 0.3 is 6.18 Å². The van der Waals surface area contributed by atoms with Crippen molar-refractivity contribution in [2.24, 2.45) is 0 Å². The van der Waals surface area contributed by atoms with Gasteiger partial charge in [-0.15, -0.1) is 0 Å². The summed E-state index contributed by atoms with van der Waals surface area (Å²) in [5.74, 6) is -0.603. The van der Waals surface area contributed by atoms with Crippen LogP contribution < -0.4 is 5.32 Å². The molecule has 1 aromatic rings. The molecule has 0 spiro atoms. The van der Waals surface area contributed by atoms with E-state index >= 15 is 0 Å². The molecular weight excluding hydrogens is 235 g/mol. The molecule has 0 aromatic carbocycles. The number of pyridine rings is 1. The summed E-state index contributed by atoms with van der Waals surface area (Å²) in [5, 5.41) is 10.6. The number of aromatic nitrogens is 1. The van der Waals surface area contributed by atoms with E-state index < -0.39 is 17.6 Å². The van der Waals surface area contributed by atoms with Gasteiger partial charge in [-0.2, -0.15) is 18.4 Å². The Kier molecular flexibility index (Phi) is 4.04. The smallest absolute Gasteiger partial charge is 0.350 e. The Morgan fingerprint density at radius 2 is 2.18 bits per heavy atom. The number of rotatable bonds is 3. The van der Waals surface area contributed by atoms with Crippen LogP contribution in [0.3, 0.4) is 0 Å². The van der Waals surface area contributed by atoms with Crippen molar-refractivity contribution in [3.63, 3.8) is 0 Å². The van der Waals surface area contributed by atoms with Gasteiger partial charge in [-0.3, -0.25) is 9.78 Å². The first kappa shape index (κ1) is 13.0. The fourth-order valence-electron chi connectivity index (χ4n) is 1.02. The molecule has 1 rings (SSSR count). The van der Waals surface area contributed by atoms with Crippen LogP contribution >= 0.6 is 0 Å². The van der Waals surface area contributed by atoms with Gasteiger partial charge < -0.3 is 5.32 Å². The summed E-state index contributed by atoms with van der Waals surface area (Å²) in [6.45, 7) is 0.137. The Balaban J connectivity index is 2.68. The van der Waals surface area contributed by atoms with Crippen molar-refractivity contribution >= 4 is 5.91 Å². The predicted molar refractivity (Wildman–Crippen MR) is 51.8 cm³/mol. The van der Waals surface area contributed by atoms with Crippen LogP contribution in [0.5, 0.6) is 0 Å². The lowest BCUT2D eigenvalue weighted by molar-refractivity contribution is -0.137. The number of nitrogens with one attached hydrogen (secondary N) is 1. The molecule has 0 aliphatic heterocycles. The molecule has 7 heteroatoms. The number of nitriles is 1. The van der Waals surface area contributed by atoms with E-state index in [0.717, 1.165) is 12.1 Å². The van der Waals surface area contributed by atoms with Crippen LogP contribution in [-0.2, 0) is 6.18 Å². The fourth-order valence-corrected chi connectivity index (χ4v) is 1.02. The minimum atomic E-state index is -4.47. The molecule has 90 valence electrons. The summed E-state index contributed by atoms with van der Waals surface area (Å²) in [6.07, 6.45) is -3.74. The van der Waals surface area contributed by atoms with Gasteiger partial charge in [-0.1, -0.05) is 0 Å². The molecule has 1 amide bonds. The number of carbonyl (C=O) groups is 1. The molecule has 17 heavy (non-hydrogen) atoms. The van der Waals surface area contributed by atoms with Crippen molar-refractivity contribution in [3.8, 4) is 6.07 Å². The lowest BCUT2D eigenvalue weighted by atomic mass is 10.2. The van der Waals surface area contributed by atoms with E-state index in [1.54, 1.807) is 0 Å². The highest BCUT2D eigenvalue weighted by Crippen LogP contribution is 2.28. The van der Waals surface area contributed by atoms with Crippen molar-refractivity contribution in [3.05, 3.63) is 29.6 Å². The number of hydrogen-bond acceptors (Lipinski definition) is 3. The Morgan fingerprint density at radius 3 is 2.65 bits per heavy atom. The van der Waals surface area contributed by atoms with Crippen molar-refractivity contribution in [1.82, 2.24) is 10.3 Å². The second-order valence-corrected chi connectivity index (χ2v) is 3.09. The summed E-state index contributed by atoms with van der Waals surface area (Å²) >= 11 is 0. The van der Waals surface area contributed by atoms with Gasteiger partial charge in [-0.05, 0) is 12.1 Å². The fraction of sp³-hybridized carbons (Fsp3) is 0.300. The molecule has 0 saturated carbocycles. The maximum atomic E-state index is 12.2. The SMILES string of the molecule is N#CCCNC(=O)c1ccc(C(F)(F)F)cn1. The second kappa shape index (κ2) is 5.30. The zero-order chi connectivity index (χ0) is 12.9. The Morgan fingerprint density at radius 1 is 1.47 bits per heavy atom. The molecule has 0 radical (unpaired) electrons. The lowest BCUT2D eigenvalue weighted by Gasteiger charge is -2.06. The van der Waals surface area contributed by atoms with Crippen molar-refractivity contribution in [2.75, 3.05) is 6.54 Å². The molecule has 4 nitrogen and oxygen atoms in total. The second-order valence-electron chi connectivity index (χ2n) is 3.09. The zero-order valence-electron chi connectivity index (χ0n) is 8.58.